The third-order valence-corrected chi connectivity index (χ3v) is 5.20. The molecular weight excluding hydrogens is 394 g/mol. The average molecular weight is 415 g/mol. The lowest BCUT2D eigenvalue weighted by atomic mass is 9.98. The van der Waals surface area contributed by atoms with Crippen LogP contribution in [-0.4, -0.2) is 33.8 Å². The quantitative estimate of drug-likeness (QED) is 0.810. The van der Waals surface area contributed by atoms with Crippen LogP contribution in [0.1, 0.15) is 40.5 Å². The number of hydrogen-bond donors (Lipinski definition) is 2. The second-order valence-corrected chi connectivity index (χ2v) is 6.63. The molecule has 1 amide bonds. The summed E-state index contributed by atoms with van der Waals surface area (Å²) >= 11 is 3.47. The van der Waals surface area contributed by atoms with E-state index in [4.69, 9.17) is 0 Å². The lowest BCUT2D eigenvalue weighted by Gasteiger charge is -2.19. The van der Waals surface area contributed by atoms with Gasteiger partial charge < -0.3 is 5.32 Å². The van der Waals surface area contributed by atoms with Crippen molar-refractivity contribution in [2.45, 2.75) is 25.7 Å². The van der Waals surface area contributed by atoms with E-state index in [1.807, 2.05) is 19.1 Å². The maximum Gasteiger partial charge on any atom is 0.259 e. The molecule has 24 heavy (non-hydrogen) atoms. The summed E-state index contributed by atoms with van der Waals surface area (Å²) < 4.78 is 2.44. The Morgan fingerprint density at radius 2 is 2.08 bits per heavy atom. The Kier molecular flexibility index (Phi) is 6.37. The summed E-state index contributed by atoms with van der Waals surface area (Å²) in [5, 5.41) is 10.7. The van der Waals surface area contributed by atoms with Crippen LogP contribution in [0.2, 0.25) is 0 Å². The number of rotatable bonds is 3. The molecule has 0 saturated carbocycles. The highest BCUT2D eigenvalue weighted by atomic mass is 79.9. The number of aryl methyl sites for hydroxylation is 2. The Morgan fingerprint density at radius 3 is 2.79 bits per heavy atom. The van der Waals surface area contributed by atoms with Crippen LogP contribution in [0.5, 0.6) is 0 Å². The Bertz CT molecular complexity index is 727. The number of hydrogen-bond acceptors (Lipinski definition) is 4. The van der Waals surface area contributed by atoms with Gasteiger partial charge in [0, 0.05) is 17.4 Å². The van der Waals surface area contributed by atoms with Crippen LogP contribution in [0.25, 0.3) is 0 Å². The molecule has 1 aliphatic heterocycles. The van der Waals surface area contributed by atoms with E-state index >= 15 is 0 Å². The van der Waals surface area contributed by atoms with Crippen molar-refractivity contribution < 1.29 is 4.79 Å². The molecule has 1 aliphatic rings. The molecular formula is C16H21BrClN5O. The third-order valence-electron chi connectivity index (χ3n) is 4.15. The second kappa shape index (κ2) is 8.09. The first kappa shape index (κ1) is 18.9. The van der Waals surface area contributed by atoms with Gasteiger partial charge in [-0.1, -0.05) is 12.1 Å². The van der Waals surface area contributed by atoms with Crippen LogP contribution in [-0.2, 0) is 7.05 Å². The fraction of sp³-hybridized carbons (Fsp3) is 0.438. The maximum atomic E-state index is 12.5. The van der Waals surface area contributed by atoms with Gasteiger partial charge in [-0.2, -0.15) is 10.1 Å². The fourth-order valence-electron chi connectivity index (χ4n) is 2.76. The number of nitrogens with one attached hydrogen (secondary N) is 2. The third kappa shape index (κ3) is 3.96. The van der Waals surface area contributed by atoms with Crippen LogP contribution in [0.4, 0.5) is 5.95 Å². The van der Waals surface area contributed by atoms with Crippen molar-refractivity contribution in [2.75, 3.05) is 18.4 Å². The number of amides is 1. The van der Waals surface area contributed by atoms with Crippen molar-refractivity contribution >= 4 is 40.2 Å². The lowest BCUT2D eigenvalue weighted by molar-refractivity contribution is 0.102. The SMILES string of the molecule is Cc1cccc(C(=O)Nc2nc(C3CCNCC3)nn2C)c1Br.Cl. The number of aromatic nitrogens is 3. The summed E-state index contributed by atoms with van der Waals surface area (Å²) in [6.07, 6.45) is 2.06. The Hall–Kier alpha value is -1.44. The van der Waals surface area contributed by atoms with Crippen LogP contribution in [0.3, 0.4) is 0 Å². The molecule has 0 bridgehead atoms. The van der Waals surface area contributed by atoms with Crippen molar-refractivity contribution in [3.63, 3.8) is 0 Å². The standard InChI is InChI=1S/C16H20BrN5O.ClH/c1-10-4-3-5-12(13(10)17)15(23)20-16-19-14(21-22(16)2)11-6-8-18-9-7-11;/h3-5,11,18H,6-9H2,1-2H3,(H,19,20,21,23);1H. The molecule has 2 N–H and O–H groups in total. The predicted molar refractivity (Wildman–Crippen MR) is 99.9 cm³/mol. The largest absolute Gasteiger partial charge is 0.317 e. The molecule has 0 radical (unpaired) electrons. The highest BCUT2D eigenvalue weighted by Crippen LogP contribution is 2.24. The van der Waals surface area contributed by atoms with Crippen LogP contribution >= 0.6 is 28.3 Å². The molecule has 2 aromatic rings. The van der Waals surface area contributed by atoms with E-state index in [9.17, 15) is 4.79 Å². The minimum absolute atomic E-state index is 0. The number of halogens is 2. The summed E-state index contributed by atoms with van der Waals surface area (Å²) in [5.41, 5.74) is 1.61. The molecule has 1 aromatic carbocycles. The van der Waals surface area contributed by atoms with Crippen molar-refractivity contribution in [3.8, 4) is 0 Å². The molecule has 130 valence electrons. The van der Waals surface area contributed by atoms with E-state index in [1.165, 1.54) is 0 Å². The van der Waals surface area contributed by atoms with Gasteiger partial charge in [-0.15, -0.1) is 12.4 Å². The van der Waals surface area contributed by atoms with E-state index in [1.54, 1.807) is 17.8 Å². The minimum atomic E-state index is -0.187. The maximum absolute atomic E-state index is 12.5. The summed E-state index contributed by atoms with van der Waals surface area (Å²) in [7, 11) is 1.80. The Morgan fingerprint density at radius 1 is 1.38 bits per heavy atom. The summed E-state index contributed by atoms with van der Waals surface area (Å²) in [6, 6.07) is 5.61. The van der Waals surface area contributed by atoms with Gasteiger partial charge in [-0.25, -0.2) is 4.68 Å². The normalized spacial score (nSPS) is 15.0. The number of carbonyl (C=O) groups excluding carboxylic acids is 1. The first-order valence-electron chi connectivity index (χ1n) is 7.74. The van der Waals surface area contributed by atoms with Gasteiger partial charge >= 0.3 is 0 Å². The van der Waals surface area contributed by atoms with E-state index in [-0.39, 0.29) is 18.3 Å². The molecule has 8 heteroatoms. The zero-order valence-corrected chi connectivity index (χ0v) is 16.1. The van der Waals surface area contributed by atoms with Crippen molar-refractivity contribution in [3.05, 3.63) is 39.6 Å². The molecule has 0 atom stereocenters. The molecule has 0 unspecified atom stereocenters. The van der Waals surface area contributed by atoms with Gasteiger partial charge in [0.15, 0.2) is 5.82 Å². The van der Waals surface area contributed by atoms with Crippen LogP contribution in [0.15, 0.2) is 22.7 Å². The van der Waals surface area contributed by atoms with E-state index in [2.05, 4.69) is 36.6 Å². The highest BCUT2D eigenvalue weighted by Gasteiger charge is 2.22. The average Bonchev–Trinajstić information content (AvgIpc) is 2.92. The minimum Gasteiger partial charge on any atom is -0.317 e. The van der Waals surface area contributed by atoms with Crippen LogP contribution < -0.4 is 10.6 Å². The Labute approximate surface area is 156 Å². The van der Waals surface area contributed by atoms with Crippen LogP contribution in [0, 0.1) is 6.92 Å². The molecule has 0 aliphatic carbocycles. The van der Waals surface area contributed by atoms with E-state index in [0.29, 0.717) is 17.4 Å². The first-order chi connectivity index (χ1) is 11.1. The van der Waals surface area contributed by atoms with Gasteiger partial charge in [0.1, 0.15) is 0 Å². The molecule has 1 fully saturated rings. The molecule has 3 rings (SSSR count). The molecule has 6 nitrogen and oxygen atoms in total. The van der Waals surface area contributed by atoms with Gasteiger partial charge in [-0.05, 0) is 60.4 Å². The number of carbonyl (C=O) groups is 1. The highest BCUT2D eigenvalue weighted by molar-refractivity contribution is 9.10. The molecule has 1 saturated heterocycles. The van der Waals surface area contributed by atoms with Crippen molar-refractivity contribution in [1.29, 1.82) is 0 Å². The van der Waals surface area contributed by atoms with E-state index in [0.717, 1.165) is 41.8 Å². The van der Waals surface area contributed by atoms with Gasteiger partial charge in [0.25, 0.3) is 5.91 Å². The number of benzene rings is 1. The molecule has 2 heterocycles. The van der Waals surface area contributed by atoms with Crippen molar-refractivity contribution in [2.24, 2.45) is 7.05 Å². The number of piperidine rings is 1. The van der Waals surface area contributed by atoms with E-state index < -0.39 is 0 Å². The lowest BCUT2D eigenvalue weighted by Crippen LogP contribution is -2.27. The number of nitrogens with zero attached hydrogens (tertiary/aromatic N) is 3. The Balaban J connectivity index is 0.00000208. The summed E-state index contributed by atoms with van der Waals surface area (Å²) in [4.78, 5) is 17.0. The fourth-order valence-corrected chi connectivity index (χ4v) is 3.20. The predicted octanol–water partition coefficient (Wildman–Crippen LogP) is 3.03. The monoisotopic (exact) mass is 413 g/mol. The molecule has 0 spiro atoms. The zero-order chi connectivity index (χ0) is 16.4. The number of anilines is 1. The van der Waals surface area contributed by atoms with Crippen molar-refractivity contribution in [1.82, 2.24) is 20.1 Å². The smallest absolute Gasteiger partial charge is 0.259 e. The summed E-state index contributed by atoms with van der Waals surface area (Å²) in [5.74, 6) is 1.47. The zero-order valence-electron chi connectivity index (χ0n) is 13.7. The van der Waals surface area contributed by atoms with Gasteiger partial charge in [0.2, 0.25) is 5.95 Å². The molecule has 1 aromatic heterocycles. The van der Waals surface area contributed by atoms with Gasteiger partial charge in [0.05, 0.1) is 5.56 Å². The summed E-state index contributed by atoms with van der Waals surface area (Å²) in [6.45, 7) is 3.93. The first-order valence-corrected chi connectivity index (χ1v) is 8.53. The topological polar surface area (TPSA) is 71.8 Å². The second-order valence-electron chi connectivity index (χ2n) is 5.83. The van der Waals surface area contributed by atoms with Gasteiger partial charge in [-0.3, -0.25) is 10.1 Å².